The zero-order valence-corrected chi connectivity index (χ0v) is 15.2. The maximum atomic E-state index is 12.8. The highest BCUT2D eigenvalue weighted by atomic mass is 19.1. The van der Waals surface area contributed by atoms with Crippen molar-refractivity contribution in [3.05, 3.63) is 60.2 Å². The van der Waals surface area contributed by atoms with Gasteiger partial charge in [-0.2, -0.15) is 0 Å². The molecule has 1 heterocycles. The van der Waals surface area contributed by atoms with E-state index in [1.807, 2.05) is 31.3 Å². The van der Waals surface area contributed by atoms with Crippen molar-refractivity contribution in [3.8, 4) is 5.75 Å². The highest BCUT2D eigenvalue weighted by Crippen LogP contribution is 2.11. The van der Waals surface area contributed by atoms with E-state index in [1.165, 1.54) is 12.1 Å². The molecule has 0 radical (unpaired) electrons. The van der Waals surface area contributed by atoms with Gasteiger partial charge in [-0.05, 0) is 56.2 Å². The summed E-state index contributed by atoms with van der Waals surface area (Å²) in [4.78, 5) is 8.88. The molecule has 0 aliphatic heterocycles. The van der Waals surface area contributed by atoms with E-state index in [9.17, 15) is 4.39 Å². The SMILES string of the molecule is CCNC(=NCCCCOc1ccc(F)cc1)NCCc1ccccn1. The molecule has 1 aromatic heterocycles. The number of aromatic nitrogens is 1. The molecule has 2 aromatic rings. The van der Waals surface area contributed by atoms with Crippen molar-refractivity contribution >= 4 is 5.96 Å². The summed E-state index contributed by atoms with van der Waals surface area (Å²) in [7, 11) is 0. The van der Waals surface area contributed by atoms with Crippen LogP contribution in [0, 0.1) is 5.82 Å². The molecule has 0 saturated heterocycles. The molecule has 5 nitrogen and oxygen atoms in total. The fourth-order valence-electron chi connectivity index (χ4n) is 2.32. The Kier molecular flexibility index (Phi) is 8.97. The zero-order valence-electron chi connectivity index (χ0n) is 15.2. The minimum absolute atomic E-state index is 0.252. The summed E-state index contributed by atoms with van der Waals surface area (Å²) in [6, 6.07) is 12.0. The number of nitrogens with one attached hydrogen (secondary N) is 2. The third kappa shape index (κ3) is 7.96. The lowest BCUT2D eigenvalue weighted by atomic mass is 10.3. The zero-order chi connectivity index (χ0) is 18.5. The molecule has 0 aliphatic carbocycles. The van der Waals surface area contributed by atoms with E-state index in [0.29, 0.717) is 12.4 Å². The summed E-state index contributed by atoms with van der Waals surface area (Å²) in [5.41, 5.74) is 1.06. The van der Waals surface area contributed by atoms with E-state index in [0.717, 1.165) is 50.6 Å². The molecule has 26 heavy (non-hydrogen) atoms. The standard InChI is InChI=1S/C20H27FN4O/c1-2-22-20(25-15-12-18-7-3-4-13-23-18)24-14-5-6-16-26-19-10-8-17(21)9-11-19/h3-4,7-11,13H,2,5-6,12,14-16H2,1H3,(H2,22,24,25). The van der Waals surface area contributed by atoms with Crippen LogP contribution in [0.5, 0.6) is 5.75 Å². The van der Waals surface area contributed by atoms with Gasteiger partial charge < -0.3 is 15.4 Å². The lowest BCUT2D eigenvalue weighted by Gasteiger charge is -2.11. The molecule has 6 heteroatoms. The van der Waals surface area contributed by atoms with E-state index in [2.05, 4.69) is 20.6 Å². The Bertz CT molecular complexity index is 647. The van der Waals surface area contributed by atoms with Gasteiger partial charge in [0.25, 0.3) is 0 Å². The van der Waals surface area contributed by atoms with Gasteiger partial charge in [-0.1, -0.05) is 6.07 Å². The molecule has 0 aliphatic rings. The first-order valence-electron chi connectivity index (χ1n) is 9.08. The number of guanidine groups is 1. The number of benzene rings is 1. The Morgan fingerprint density at radius 2 is 1.96 bits per heavy atom. The first-order valence-corrected chi connectivity index (χ1v) is 9.08. The van der Waals surface area contributed by atoms with Crippen LogP contribution in [0.15, 0.2) is 53.7 Å². The van der Waals surface area contributed by atoms with Crippen molar-refractivity contribution in [3.63, 3.8) is 0 Å². The lowest BCUT2D eigenvalue weighted by molar-refractivity contribution is 0.307. The van der Waals surface area contributed by atoms with Crippen LogP contribution in [-0.4, -0.2) is 37.2 Å². The molecule has 0 spiro atoms. The van der Waals surface area contributed by atoms with E-state index < -0.39 is 0 Å². The number of pyridine rings is 1. The van der Waals surface area contributed by atoms with Crippen molar-refractivity contribution < 1.29 is 9.13 Å². The molecule has 0 atom stereocenters. The summed E-state index contributed by atoms with van der Waals surface area (Å²) < 4.78 is 18.4. The van der Waals surface area contributed by atoms with Gasteiger partial charge in [-0.25, -0.2) is 4.39 Å². The monoisotopic (exact) mass is 358 g/mol. The van der Waals surface area contributed by atoms with Crippen molar-refractivity contribution in [1.82, 2.24) is 15.6 Å². The van der Waals surface area contributed by atoms with Crippen LogP contribution in [0.2, 0.25) is 0 Å². The van der Waals surface area contributed by atoms with E-state index in [1.54, 1.807) is 12.1 Å². The molecule has 0 saturated carbocycles. The number of nitrogens with zero attached hydrogens (tertiary/aromatic N) is 2. The Morgan fingerprint density at radius 3 is 2.69 bits per heavy atom. The van der Waals surface area contributed by atoms with E-state index in [-0.39, 0.29) is 5.82 Å². The van der Waals surface area contributed by atoms with E-state index >= 15 is 0 Å². The normalized spacial score (nSPS) is 11.2. The summed E-state index contributed by atoms with van der Waals surface area (Å²) >= 11 is 0. The Balaban J connectivity index is 1.62. The molecule has 1 aromatic carbocycles. The Morgan fingerprint density at radius 1 is 1.12 bits per heavy atom. The number of halogens is 1. The molecular formula is C20H27FN4O. The highest BCUT2D eigenvalue weighted by Gasteiger charge is 1.99. The fourth-order valence-corrected chi connectivity index (χ4v) is 2.32. The molecule has 2 N–H and O–H groups in total. The quantitative estimate of drug-likeness (QED) is 0.389. The highest BCUT2D eigenvalue weighted by molar-refractivity contribution is 5.79. The smallest absolute Gasteiger partial charge is 0.191 e. The van der Waals surface area contributed by atoms with Gasteiger partial charge in [0, 0.05) is 37.9 Å². The predicted octanol–water partition coefficient (Wildman–Crippen LogP) is 3.18. The first kappa shape index (κ1) is 19.7. The third-order valence-electron chi connectivity index (χ3n) is 3.65. The molecule has 0 unspecified atom stereocenters. The summed E-state index contributed by atoms with van der Waals surface area (Å²) in [6.45, 7) is 4.99. The molecule has 2 rings (SSSR count). The second kappa shape index (κ2) is 11.8. The van der Waals surface area contributed by atoms with Gasteiger partial charge in [-0.3, -0.25) is 9.98 Å². The van der Waals surface area contributed by atoms with Crippen LogP contribution in [0.1, 0.15) is 25.5 Å². The van der Waals surface area contributed by atoms with Gasteiger partial charge in [0.15, 0.2) is 5.96 Å². The maximum absolute atomic E-state index is 12.8. The van der Waals surface area contributed by atoms with Crippen LogP contribution in [-0.2, 0) is 6.42 Å². The van der Waals surface area contributed by atoms with Gasteiger partial charge in [0.05, 0.1) is 6.61 Å². The van der Waals surface area contributed by atoms with Crippen LogP contribution in [0.3, 0.4) is 0 Å². The number of aliphatic imine (C=N–C) groups is 1. The first-order chi connectivity index (χ1) is 12.8. The number of ether oxygens (including phenoxy) is 1. The largest absolute Gasteiger partial charge is 0.494 e. The molecule has 0 amide bonds. The van der Waals surface area contributed by atoms with Crippen molar-refractivity contribution in [2.45, 2.75) is 26.2 Å². The Hall–Kier alpha value is -2.63. The number of hydrogen-bond acceptors (Lipinski definition) is 3. The van der Waals surface area contributed by atoms with Crippen molar-refractivity contribution in [2.24, 2.45) is 4.99 Å². The minimum Gasteiger partial charge on any atom is -0.494 e. The number of rotatable bonds is 10. The second-order valence-electron chi connectivity index (χ2n) is 5.77. The molecule has 140 valence electrons. The molecule has 0 bridgehead atoms. The van der Waals surface area contributed by atoms with Gasteiger partial charge in [0.2, 0.25) is 0 Å². The van der Waals surface area contributed by atoms with E-state index in [4.69, 9.17) is 4.74 Å². The minimum atomic E-state index is -0.252. The Labute approximate surface area is 154 Å². The maximum Gasteiger partial charge on any atom is 0.191 e. The fraction of sp³-hybridized carbons (Fsp3) is 0.400. The van der Waals surface area contributed by atoms with Crippen LogP contribution in [0.4, 0.5) is 4.39 Å². The molecular weight excluding hydrogens is 331 g/mol. The van der Waals surface area contributed by atoms with Gasteiger partial charge >= 0.3 is 0 Å². The lowest BCUT2D eigenvalue weighted by Crippen LogP contribution is -2.38. The second-order valence-corrected chi connectivity index (χ2v) is 5.77. The predicted molar refractivity (Wildman–Crippen MR) is 103 cm³/mol. The summed E-state index contributed by atoms with van der Waals surface area (Å²) in [5, 5.41) is 6.57. The number of unbranched alkanes of at least 4 members (excludes halogenated alkanes) is 1. The summed E-state index contributed by atoms with van der Waals surface area (Å²) in [5.74, 6) is 1.26. The average Bonchev–Trinajstić information content (AvgIpc) is 2.67. The summed E-state index contributed by atoms with van der Waals surface area (Å²) in [6.07, 6.45) is 4.49. The number of hydrogen-bond donors (Lipinski definition) is 2. The third-order valence-corrected chi connectivity index (χ3v) is 3.65. The average molecular weight is 358 g/mol. The van der Waals surface area contributed by atoms with Gasteiger partial charge in [0.1, 0.15) is 11.6 Å². The van der Waals surface area contributed by atoms with Gasteiger partial charge in [-0.15, -0.1) is 0 Å². The van der Waals surface area contributed by atoms with Crippen LogP contribution in [0.25, 0.3) is 0 Å². The van der Waals surface area contributed by atoms with Crippen LogP contribution < -0.4 is 15.4 Å². The molecule has 0 fully saturated rings. The van der Waals surface area contributed by atoms with Crippen molar-refractivity contribution in [1.29, 1.82) is 0 Å². The topological polar surface area (TPSA) is 58.5 Å². The van der Waals surface area contributed by atoms with Crippen LogP contribution >= 0.6 is 0 Å². The van der Waals surface area contributed by atoms with Crippen molar-refractivity contribution in [2.75, 3.05) is 26.2 Å².